The Labute approximate surface area is 165 Å². The Kier molecular flexibility index (Phi) is 7.27. The Morgan fingerprint density at radius 3 is 1.33 bits per heavy atom. The maximum Gasteiger partial charge on any atom is 0.207 e. The molecule has 0 aliphatic rings. The fraction of sp³-hybridized carbons (Fsp3) is 0.500. The molecule has 0 aliphatic heterocycles. The Balaban J connectivity index is 2.50. The first-order valence-electron chi connectivity index (χ1n) is 10.2. The zero-order valence-corrected chi connectivity index (χ0v) is 18.6. The Bertz CT molecular complexity index is 839. The number of unbranched alkanes of at least 4 members (excludes halogenated alkanes) is 2. The Hall–Kier alpha value is -1.61. The molecule has 0 bridgehead atoms. The van der Waals surface area contributed by atoms with Crippen LogP contribution in [0.2, 0.25) is 0 Å². The molecule has 0 heterocycles. The van der Waals surface area contributed by atoms with E-state index in [-0.39, 0.29) is 0 Å². The van der Waals surface area contributed by atoms with Crippen molar-refractivity contribution in [2.45, 2.75) is 89.9 Å². The highest BCUT2D eigenvalue weighted by Crippen LogP contribution is 2.31. The second-order valence-corrected chi connectivity index (χ2v) is 9.69. The second kappa shape index (κ2) is 9.05. The molecule has 2 aromatic carbocycles. The lowest BCUT2D eigenvalue weighted by molar-refractivity contribution is 0.594. The van der Waals surface area contributed by atoms with Crippen molar-refractivity contribution in [3.63, 3.8) is 0 Å². The minimum absolute atomic E-state index is 0.448. The van der Waals surface area contributed by atoms with Gasteiger partial charge in [0.25, 0.3) is 0 Å². The van der Waals surface area contributed by atoms with Crippen LogP contribution in [-0.4, -0.2) is 8.42 Å². The van der Waals surface area contributed by atoms with E-state index in [0.29, 0.717) is 9.79 Å². The number of hydrogen-bond acceptors (Lipinski definition) is 2. The van der Waals surface area contributed by atoms with E-state index in [9.17, 15) is 8.42 Å². The maximum absolute atomic E-state index is 13.4. The van der Waals surface area contributed by atoms with Gasteiger partial charge >= 0.3 is 0 Å². The molecule has 0 atom stereocenters. The van der Waals surface area contributed by atoms with E-state index in [1.807, 2.05) is 39.8 Å². The summed E-state index contributed by atoms with van der Waals surface area (Å²) in [4.78, 5) is 0.896. The summed E-state index contributed by atoms with van der Waals surface area (Å²) in [6.07, 6.45) is 6.55. The van der Waals surface area contributed by atoms with E-state index < -0.39 is 9.84 Å². The van der Waals surface area contributed by atoms with Crippen LogP contribution in [-0.2, 0) is 22.7 Å². The minimum atomic E-state index is -3.52. The van der Waals surface area contributed by atoms with Crippen LogP contribution in [0.3, 0.4) is 0 Å². The lowest BCUT2D eigenvalue weighted by Crippen LogP contribution is -2.09. The lowest BCUT2D eigenvalue weighted by atomic mass is 10.0. The van der Waals surface area contributed by atoms with Crippen molar-refractivity contribution in [3.8, 4) is 0 Å². The zero-order chi connectivity index (χ0) is 20.2. The molecule has 27 heavy (non-hydrogen) atoms. The first kappa shape index (κ1) is 21.7. The zero-order valence-electron chi connectivity index (χ0n) is 17.8. The van der Waals surface area contributed by atoms with Gasteiger partial charge in [0.2, 0.25) is 9.84 Å². The third-order valence-corrected chi connectivity index (χ3v) is 7.48. The van der Waals surface area contributed by atoms with E-state index in [0.717, 1.165) is 60.8 Å². The van der Waals surface area contributed by atoms with Gasteiger partial charge in [-0.3, -0.25) is 0 Å². The van der Waals surface area contributed by atoms with E-state index in [2.05, 4.69) is 26.0 Å². The fourth-order valence-electron chi connectivity index (χ4n) is 3.67. The van der Waals surface area contributed by atoms with Crippen LogP contribution in [0.5, 0.6) is 0 Å². The highest BCUT2D eigenvalue weighted by atomic mass is 32.2. The summed E-state index contributed by atoms with van der Waals surface area (Å²) in [5.41, 5.74) is 6.35. The van der Waals surface area contributed by atoms with Crippen LogP contribution in [0, 0.1) is 27.7 Å². The normalized spacial score (nSPS) is 11.8. The summed E-state index contributed by atoms with van der Waals surface area (Å²) in [5.74, 6) is 0. The van der Waals surface area contributed by atoms with Gasteiger partial charge in [-0.15, -0.1) is 0 Å². The van der Waals surface area contributed by atoms with Gasteiger partial charge in [0.05, 0.1) is 9.79 Å². The average Bonchev–Trinajstić information content (AvgIpc) is 2.62. The third kappa shape index (κ3) is 4.82. The first-order chi connectivity index (χ1) is 12.7. The van der Waals surface area contributed by atoms with Crippen LogP contribution < -0.4 is 0 Å². The summed E-state index contributed by atoms with van der Waals surface area (Å²) >= 11 is 0. The molecule has 0 radical (unpaired) electrons. The molecule has 0 aromatic heterocycles. The third-order valence-electron chi connectivity index (χ3n) is 5.45. The number of hydrogen-bond donors (Lipinski definition) is 0. The van der Waals surface area contributed by atoms with Gasteiger partial charge in [0, 0.05) is 0 Å². The molecule has 2 nitrogen and oxygen atoms in total. The van der Waals surface area contributed by atoms with E-state index >= 15 is 0 Å². The van der Waals surface area contributed by atoms with Gasteiger partial charge in [0.1, 0.15) is 0 Å². The van der Waals surface area contributed by atoms with Crippen LogP contribution in [0.1, 0.15) is 72.9 Å². The number of sulfone groups is 1. The van der Waals surface area contributed by atoms with Gasteiger partial charge in [0.15, 0.2) is 0 Å². The first-order valence-corrected chi connectivity index (χ1v) is 11.7. The summed E-state index contributed by atoms with van der Waals surface area (Å²) in [6.45, 7) is 12.2. The number of benzene rings is 2. The summed E-state index contributed by atoms with van der Waals surface area (Å²) in [6, 6.07) is 7.87. The lowest BCUT2D eigenvalue weighted by Gasteiger charge is -2.16. The predicted octanol–water partition coefficient (Wildman–Crippen LogP) is 6.44. The van der Waals surface area contributed by atoms with Gasteiger partial charge in [-0.2, -0.15) is 0 Å². The summed E-state index contributed by atoms with van der Waals surface area (Å²) < 4.78 is 26.9. The molecule has 0 N–H and O–H groups in total. The molecule has 0 aliphatic carbocycles. The molecule has 0 saturated heterocycles. The molecule has 0 spiro atoms. The monoisotopic (exact) mass is 386 g/mol. The Morgan fingerprint density at radius 2 is 1.00 bits per heavy atom. The van der Waals surface area contributed by atoms with Crippen molar-refractivity contribution in [1.82, 2.24) is 0 Å². The van der Waals surface area contributed by atoms with E-state index in [1.54, 1.807) is 0 Å². The molecule has 148 valence electrons. The summed E-state index contributed by atoms with van der Waals surface area (Å²) in [5, 5.41) is 0. The standard InChI is InChI=1S/C24H34O2S/c1-7-9-11-21-13-19(5)23(15-17(21)3)27(25,26)24-16-18(4)22(12-10-8-2)14-20(24)6/h13-16H,7-12H2,1-6H3. The van der Waals surface area contributed by atoms with Crippen LogP contribution in [0.4, 0.5) is 0 Å². The molecule has 2 aromatic rings. The highest BCUT2D eigenvalue weighted by molar-refractivity contribution is 7.91. The maximum atomic E-state index is 13.4. The molecular formula is C24H34O2S. The Morgan fingerprint density at radius 1 is 0.630 bits per heavy atom. The summed E-state index contributed by atoms with van der Waals surface area (Å²) in [7, 11) is -3.52. The minimum Gasteiger partial charge on any atom is -0.218 e. The molecule has 0 unspecified atom stereocenters. The second-order valence-electron chi connectivity index (χ2n) is 7.80. The molecule has 0 fully saturated rings. The number of rotatable bonds is 8. The van der Waals surface area contributed by atoms with Crippen molar-refractivity contribution in [3.05, 3.63) is 57.6 Å². The molecule has 0 saturated carbocycles. The topological polar surface area (TPSA) is 34.1 Å². The largest absolute Gasteiger partial charge is 0.218 e. The van der Waals surface area contributed by atoms with Crippen molar-refractivity contribution in [1.29, 1.82) is 0 Å². The molecular weight excluding hydrogens is 352 g/mol. The highest BCUT2D eigenvalue weighted by Gasteiger charge is 2.24. The van der Waals surface area contributed by atoms with Gasteiger partial charge < -0.3 is 0 Å². The van der Waals surface area contributed by atoms with Gasteiger partial charge in [-0.1, -0.05) is 38.8 Å². The quantitative estimate of drug-likeness (QED) is 0.523. The van der Waals surface area contributed by atoms with Crippen molar-refractivity contribution in [2.75, 3.05) is 0 Å². The van der Waals surface area contributed by atoms with E-state index in [4.69, 9.17) is 0 Å². The van der Waals surface area contributed by atoms with Crippen LogP contribution in [0.15, 0.2) is 34.1 Å². The van der Waals surface area contributed by atoms with Crippen molar-refractivity contribution < 1.29 is 8.42 Å². The van der Waals surface area contributed by atoms with E-state index in [1.165, 1.54) is 11.1 Å². The molecule has 2 rings (SSSR count). The number of aryl methyl sites for hydroxylation is 6. The average molecular weight is 387 g/mol. The fourth-order valence-corrected chi connectivity index (χ4v) is 5.54. The van der Waals surface area contributed by atoms with Crippen LogP contribution >= 0.6 is 0 Å². The van der Waals surface area contributed by atoms with Gasteiger partial charge in [-0.05, 0) is 98.9 Å². The predicted molar refractivity (Wildman–Crippen MR) is 115 cm³/mol. The smallest absolute Gasteiger partial charge is 0.207 e. The van der Waals surface area contributed by atoms with Gasteiger partial charge in [-0.25, -0.2) is 8.42 Å². The SMILES string of the molecule is CCCCc1cc(C)c(S(=O)(=O)c2cc(C)c(CCCC)cc2C)cc1C. The molecule has 3 heteroatoms. The molecule has 0 amide bonds. The van der Waals surface area contributed by atoms with Crippen molar-refractivity contribution in [2.24, 2.45) is 0 Å². The van der Waals surface area contributed by atoms with Crippen LogP contribution in [0.25, 0.3) is 0 Å². The van der Waals surface area contributed by atoms with Crippen molar-refractivity contribution >= 4 is 9.84 Å².